The Morgan fingerprint density at radius 3 is 1.05 bits per heavy atom. The fraction of sp³-hybridized carbons (Fsp3) is 0.529. The van der Waals surface area contributed by atoms with E-state index in [1.165, 1.54) is 0 Å². The summed E-state index contributed by atoms with van der Waals surface area (Å²) in [4.78, 5) is 47.9. The predicted octanol–water partition coefficient (Wildman–Crippen LogP) is 0.132. The molecule has 20 nitrogen and oxygen atoms in total. The number of halogens is 6. The predicted molar refractivity (Wildman–Crippen MR) is 269 cm³/mol. The number of carboxylic acids is 2. The van der Waals surface area contributed by atoms with Crippen molar-refractivity contribution in [1.29, 1.82) is 0 Å². The zero-order valence-corrected chi connectivity index (χ0v) is 44.6. The number of aliphatic hydroxyl groups excluding tert-OH is 10. The van der Waals surface area contributed by atoms with E-state index in [2.05, 4.69) is 66.4 Å². The summed E-state index contributed by atoms with van der Waals surface area (Å²) in [6.45, 7) is -1.14. The first-order valence-electron chi connectivity index (χ1n) is 17.3. The maximum Gasteiger partial charge on any atom is 0.337 e. The van der Waals surface area contributed by atoms with Crippen molar-refractivity contribution in [2.24, 2.45) is 0 Å². The summed E-state index contributed by atoms with van der Waals surface area (Å²) in [5.41, 5.74) is 1.25. The normalized spacial score (nSPS) is 15.0. The average molecular weight is 1530 g/mol. The number of carbonyl (C=O) groups excluding carboxylic acids is 2. The van der Waals surface area contributed by atoms with Gasteiger partial charge in [0, 0.05) is 40.2 Å². The highest BCUT2D eigenvalue weighted by atomic mass is 127. The van der Waals surface area contributed by atoms with E-state index in [0.29, 0.717) is 38.5 Å². The van der Waals surface area contributed by atoms with Crippen LogP contribution in [0.5, 0.6) is 0 Å². The average Bonchev–Trinajstić information content (AvgIpc) is 3.18. The smallest absolute Gasteiger partial charge is 0.337 e. The van der Waals surface area contributed by atoms with E-state index in [9.17, 15) is 39.6 Å². The molecular formula is C34H48I6N4O16. The Kier molecular flexibility index (Phi) is 31.3. The molecule has 2 rings (SSSR count). The maximum absolute atomic E-state index is 12.4. The third kappa shape index (κ3) is 20.2. The number of anilines is 2. The van der Waals surface area contributed by atoms with Crippen LogP contribution < -0.4 is 21.3 Å². The first-order valence-corrected chi connectivity index (χ1v) is 23.8. The molecule has 8 atom stereocenters. The standard InChI is InChI=1S/C20H14I6N2O6.2C7H17NO5/c21-7-5-9(23)17(15(25)13(7)19(31)32)27-11(29)3-1-2-4-12(30)28-18-10(24)6-8(22)14(16(18)26)20(33)34;2*1-8-2-4(10)6(12)7(13)5(11)3-9/h5-6H,1-4H2,(H,27,29)(H,28,30)(H,31,32)(H,33,34);2*4-13H,2-3H2,1H3/t;2*4-,5+,6+,7+/m.00/s1. The highest BCUT2D eigenvalue weighted by molar-refractivity contribution is 14.1. The fourth-order valence-corrected chi connectivity index (χ4v) is 12.8. The number of hydrogen-bond acceptors (Lipinski definition) is 16. The number of benzene rings is 2. The number of aliphatic hydroxyl groups is 10. The van der Waals surface area contributed by atoms with Crippen LogP contribution in [0.15, 0.2) is 12.1 Å². The van der Waals surface area contributed by atoms with Crippen LogP contribution in [0.3, 0.4) is 0 Å². The summed E-state index contributed by atoms with van der Waals surface area (Å²) < 4.78 is 3.61. The molecule has 0 fully saturated rings. The molecule has 0 heterocycles. The summed E-state index contributed by atoms with van der Waals surface area (Å²) in [5.74, 6) is -2.64. The molecule has 0 radical (unpaired) electrons. The van der Waals surface area contributed by atoms with Gasteiger partial charge >= 0.3 is 11.9 Å². The highest BCUT2D eigenvalue weighted by Gasteiger charge is 2.30. The molecule has 0 saturated heterocycles. The minimum Gasteiger partial charge on any atom is -0.478 e. The molecule has 0 saturated carbocycles. The van der Waals surface area contributed by atoms with Gasteiger partial charge in [-0.2, -0.15) is 0 Å². The van der Waals surface area contributed by atoms with Gasteiger partial charge in [-0.15, -0.1) is 0 Å². The molecule has 0 bridgehead atoms. The molecule has 342 valence electrons. The third-order valence-electron chi connectivity index (χ3n) is 7.83. The lowest BCUT2D eigenvalue weighted by Gasteiger charge is -2.25. The van der Waals surface area contributed by atoms with E-state index >= 15 is 0 Å². The molecule has 0 aliphatic rings. The largest absolute Gasteiger partial charge is 0.478 e. The van der Waals surface area contributed by atoms with Gasteiger partial charge in [-0.05, 0) is 175 Å². The molecule has 2 aromatic rings. The van der Waals surface area contributed by atoms with E-state index in [4.69, 9.17) is 40.9 Å². The summed E-state index contributed by atoms with van der Waals surface area (Å²) in [6, 6.07) is 3.41. The maximum atomic E-state index is 12.4. The molecular weight excluding hydrogens is 1480 g/mol. The SMILES string of the molecule is CNC[C@H](O)[C@@H](O)[C@H](O)[C@H](O)CO.CNC[C@H](O)[C@@H](O)[C@H](O)[C@H](O)CO.O=C(CCCCC(=O)Nc1c(I)cc(I)c(C(=O)O)c1I)Nc1c(I)cc(I)c(C(=O)O)c1I. The van der Waals surface area contributed by atoms with Crippen molar-refractivity contribution < 1.29 is 80.5 Å². The molecule has 0 unspecified atom stereocenters. The summed E-state index contributed by atoms with van der Waals surface area (Å²) in [7, 11) is 3.15. The van der Waals surface area contributed by atoms with Crippen molar-refractivity contribution in [3.8, 4) is 0 Å². The summed E-state index contributed by atoms with van der Waals surface area (Å²) >= 11 is 11.9. The molecule has 0 aliphatic carbocycles. The van der Waals surface area contributed by atoms with E-state index in [1.807, 2.05) is 90.4 Å². The van der Waals surface area contributed by atoms with Crippen molar-refractivity contribution in [1.82, 2.24) is 10.6 Å². The van der Waals surface area contributed by atoms with Crippen molar-refractivity contribution >= 4 is 171 Å². The van der Waals surface area contributed by atoms with E-state index in [1.54, 1.807) is 26.2 Å². The molecule has 2 aromatic carbocycles. The summed E-state index contributed by atoms with van der Waals surface area (Å²) in [5, 5.41) is 119. The lowest BCUT2D eigenvalue weighted by atomic mass is 10.0. The lowest BCUT2D eigenvalue weighted by Crippen LogP contribution is -2.48. The molecule has 0 aliphatic heterocycles. The van der Waals surface area contributed by atoms with Crippen LogP contribution in [0.1, 0.15) is 46.4 Å². The van der Waals surface area contributed by atoms with Gasteiger partial charge in [-0.25, -0.2) is 9.59 Å². The van der Waals surface area contributed by atoms with E-state index in [-0.39, 0.29) is 48.9 Å². The van der Waals surface area contributed by atoms with Crippen LogP contribution >= 0.6 is 136 Å². The minimum atomic E-state index is -1.55. The number of amides is 2. The Bertz CT molecular complexity index is 1600. The molecule has 60 heavy (non-hydrogen) atoms. The number of unbranched alkanes of at least 4 members (excludes halogenated alkanes) is 1. The van der Waals surface area contributed by atoms with Crippen LogP contribution in [0.25, 0.3) is 0 Å². The Labute approximate surface area is 426 Å². The van der Waals surface area contributed by atoms with Gasteiger partial charge in [0.15, 0.2) is 0 Å². The Morgan fingerprint density at radius 1 is 0.517 bits per heavy atom. The second kappa shape index (κ2) is 31.2. The van der Waals surface area contributed by atoms with E-state index < -0.39 is 74.0 Å². The van der Waals surface area contributed by atoms with Crippen molar-refractivity contribution in [3.63, 3.8) is 0 Å². The summed E-state index contributed by atoms with van der Waals surface area (Å²) in [6.07, 6.45) is -10.0. The van der Waals surface area contributed by atoms with Gasteiger partial charge in [-0.1, -0.05) is 0 Å². The van der Waals surface area contributed by atoms with Gasteiger partial charge < -0.3 is 82.5 Å². The number of rotatable bonds is 21. The minimum absolute atomic E-state index is 0.0936. The number of nitrogens with one attached hydrogen (secondary N) is 4. The number of carbonyl (C=O) groups is 4. The topological polar surface area (TPSA) is 359 Å². The van der Waals surface area contributed by atoms with Crippen molar-refractivity contribution in [3.05, 3.63) is 44.7 Å². The number of aromatic carboxylic acids is 2. The van der Waals surface area contributed by atoms with Gasteiger partial charge in [0.05, 0.1) is 55.1 Å². The number of hydrogen-bond donors (Lipinski definition) is 16. The Balaban J connectivity index is 0.00000110. The molecule has 16 N–H and O–H groups in total. The fourth-order valence-electron chi connectivity index (χ4n) is 4.56. The number of carboxylic acid groups (broad SMARTS) is 2. The third-order valence-corrected chi connectivity index (χ3v) is 13.4. The second-order valence-corrected chi connectivity index (χ2v) is 19.2. The van der Waals surface area contributed by atoms with Crippen LogP contribution in [0.2, 0.25) is 0 Å². The van der Waals surface area contributed by atoms with Gasteiger partial charge in [0.25, 0.3) is 0 Å². The Morgan fingerprint density at radius 2 is 0.800 bits per heavy atom. The first-order chi connectivity index (χ1) is 27.9. The molecule has 0 aromatic heterocycles. The zero-order valence-electron chi connectivity index (χ0n) is 31.7. The van der Waals surface area contributed by atoms with Gasteiger partial charge in [-0.3, -0.25) is 9.59 Å². The molecule has 2 amide bonds. The molecule has 26 heteroatoms. The quantitative estimate of drug-likeness (QED) is 0.0583. The van der Waals surface area contributed by atoms with Crippen molar-refractivity contribution in [2.75, 3.05) is 51.0 Å². The zero-order chi connectivity index (χ0) is 46.6. The van der Waals surface area contributed by atoms with Crippen LogP contribution in [-0.4, -0.2) is 174 Å². The monoisotopic (exact) mass is 1530 g/mol. The van der Waals surface area contributed by atoms with Gasteiger partial charge in [0.2, 0.25) is 11.8 Å². The number of likely N-dealkylation sites (N-methyl/N-ethyl adjacent to an activating group) is 2. The van der Waals surface area contributed by atoms with Crippen LogP contribution in [-0.2, 0) is 9.59 Å². The van der Waals surface area contributed by atoms with Crippen LogP contribution in [0.4, 0.5) is 11.4 Å². The van der Waals surface area contributed by atoms with Gasteiger partial charge in [0.1, 0.15) is 36.6 Å². The first kappa shape index (κ1) is 60.2. The lowest BCUT2D eigenvalue weighted by molar-refractivity contribution is -0.118. The van der Waals surface area contributed by atoms with Crippen molar-refractivity contribution in [2.45, 2.75) is 74.5 Å². The molecule has 0 spiro atoms. The Hall–Kier alpha value is 0.220. The second-order valence-electron chi connectivity index (χ2n) is 12.4. The van der Waals surface area contributed by atoms with E-state index in [0.717, 1.165) is 7.14 Å². The van der Waals surface area contributed by atoms with Crippen LogP contribution in [0, 0.1) is 21.4 Å². The highest BCUT2D eigenvalue weighted by Crippen LogP contribution is 2.33.